The van der Waals surface area contributed by atoms with Crippen LogP contribution in [0.15, 0.2) is 0 Å². The lowest BCUT2D eigenvalue weighted by atomic mass is 9.78. The topological polar surface area (TPSA) is 32.3 Å². The van der Waals surface area contributed by atoms with Gasteiger partial charge >= 0.3 is 0 Å². The lowest BCUT2D eigenvalue weighted by molar-refractivity contribution is -0.130. The molecular weight excluding hydrogens is 224 g/mol. The summed E-state index contributed by atoms with van der Waals surface area (Å²) in [5, 5.41) is 3.46. The molecule has 1 aliphatic carbocycles. The predicted octanol–water partition coefficient (Wildman–Crippen LogP) is 2.66. The molecule has 106 valence electrons. The normalized spacial score (nSPS) is 20.1. The van der Waals surface area contributed by atoms with E-state index in [9.17, 15) is 4.79 Å². The lowest BCUT2D eigenvalue weighted by Gasteiger charge is -2.33. The van der Waals surface area contributed by atoms with Crippen molar-refractivity contribution in [3.05, 3.63) is 0 Å². The average Bonchev–Trinajstić information content (AvgIpc) is 2.72. The van der Waals surface area contributed by atoms with Gasteiger partial charge in [-0.1, -0.05) is 26.7 Å². The summed E-state index contributed by atoms with van der Waals surface area (Å²) >= 11 is 0. The monoisotopic (exact) mass is 254 g/mol. The Morgan fingerprint density at radius 1 is 1.22 bits per heavy atom. The number of hydrogen-bond donors (Lipinski definition) is 1. The maximum atomic E-state index is 11.8. The van der Waals surface area contributed by atoms with Crippen LogP contribution in [0.5, 0.6) is 0 Å². The molecule has 1 aliphatic rings. The van der Waals surface area contributed by atoms with Gasteiger partial charge in [0.15, 0.2) is 0 Å². The molecule has 3 heteroatoms. The number of hydrogen-bond acceptors (Lipinski definition) is 2. The minimum Gasteiger partial charge on any atom is -0.347 e. The van der Waals surface area contributed by atoms with Crippen LogP contribution in [0.2, 0.25) is 0 Å². The van der Waals surface area contributed by atoms with E-state index in [1.807, 2.05) is 21.0 Å². The fourth-order valence-electron chi connectivity index (χ4n) is 3.29. The van der Waals surface area contributed by atoms with Crippen molar-refractivity contribution in [3.8, 4) is 0 Å². The standard InChI is InChI=1S/C15H30N2O/c1-12(2)10-15(8-6-7-9-15)11-16-13(3)14(18)17(4)5/h12-13,16H,6-11H2,1-5H3. The van der Waals surface area contributed by atoms with E-state index in [-0.39, 0.29) is 11.9 Å². The molecule has 0 heterocycles. The number of nitrogens with one attached hydrogen (secondary N) is 1. The molecule has 3 nitrogen and oxygen atoms in total. The highest BCUT2D eigenvalue weighted by molar-refractivity contribution is 5.80. The maximum Gasteiger partial charge on any atom is 0.238 e. The van der Waals surface area contributed by atoms with Crippen molar-refractivity contribution in [1.29, 1.82) is 0 Å². The summed E-state index contributed by atoms with van der Waals surface area (Å²) in [7, 11) is 3.64. The van der Waals surface area contributed by atoms with Crippen LogP contribution >= 0.6 is 0 Å². The van der Waals surface area contributed by atoms with Crippen LogP contribution in [0.25, 0.3) is 0 Å². The Kier molecular flexibility index (Phi) is 5.64. The van der Waals surface area contributed by atoms with Gasteiger partial charge in [-0.15, -0.1) is 0 Å². The van der Waals surface area contributed by atoms with Gasteiger partial charge in [0.2, 0.25) is 5.91 Å². The largest absolute Gasteiger partial charge is 0.347 e. The third-order valence-corrected chi connectivity index (χ3v) is 4.10. The number of rotatable bonds is 6. The summed E-state index contributed by atoms with van der Waals surface area (Å²) in [5.74, 6) is 0.914. The van der Waals surface area contributed by atoms with Gasteiger partial charge in [0.1, 0.15) is 0 Å². The van der Waals surface area contributed by atoms with E-state index < -0.39 is 0 Å². The van der Waals surface area contributed by atoms with Crippen molar-refractivity contribution in [3.63, 3.8) is 0 Å². The maximum absolute atomic E-state index is 11.8. The zero-order valence-electron chi connectivity index (χ0n) is 12.8. The second-order valence-electron chi connectivity index (χ2n) is 6.64. The van der Waals surface area contributed by atoms with E-state index >= 15 is 0 Å². The molecule has 1 atom stereocenters. The van der Waals surface area contributed by atoms with Gasteiger partial charge in [-0.3, -0.25) is 4.79 Å². The van der Waals surface area contributed by atoms with Crippen LogP contribution in [0.1, 0.15) is 52.9 Å². The first-order valence-electron chi connectivity index (χ1n) is 7.31. The molecule has 1 rings (SSSR count). The van der Waals surface area contributed by atoms with Crippen molar-refractivity contribution < 1.29 is 4.79 Å². The van der Waals surface area contributed by atoms with Crippen LogP contribution in [0.3, 0.4) is 0 Å². The first-order chi connectivity index (χ1) is 8.36. The van der Waals surface area contributed by atoms with Crippen molar-refractivity contribution in [2.24, 2.45) is 11.3 Å². The van der Waals surface area contributed by atoms with Gasteiger partial charge in [0, 0.05) is 20.6 Å². The molecule has 0 aliphatic heterocycles. The van der Waals surface area contributed by atoms with Crippen LogP contribution < -0.4 is 5.32 Å². The van der Waals surface area contributed by atoms with Crippen molar-refractivity contribution >= 4 is 5.91 Å². The summed E-state index contributed by atoms with van der Waals surface area (Å²) in [5.41, 5.74) is 0.440. The number of amides is 1. The number of carbonyl (C=O) groups is 1. The Hall–Kier alpha value is -0.570. The fourth-order valence-corrected chi connectivity index (χ4v) is 3.29. The fraction of sp³-hybridized carbons (Fsp3) is 0.933. The second-order valence-corrected chi connectivity index (χ2v) is 6.64. The Bertz CT molecular complexity index is 268. The molecule has 1 N–H and O–H groups in total. The smallest absolute Gasteiger partial charge is 0.238 e. The second kappa shape index (κ2) is 6.55. The van der Waals surface area contributed by atoms with E-state index in [1.54, 1.807) is 4.90 Å². The first kappa shape index (κ1) is 15.5. The summed E-state index contributed by atoms with van der Waals surface area (Å²) in [6.45, 7) is 7.56. The lowest BCUT2D eigenvalue weighted by Crippen LogP contribution is -2.45. The van der Waals surface area contributed by atoms with Crippen molar-refractivity contribution in [1.82, 2.24) is 10.2 Å². The van der Waals surface area contributed by atoms with Crippen LogP contribution in [-0.2, 0) is 4.79 Å². The van der Waals surface area contributed by atoms with Crippen molar-refractivity contribution in [2.75, 3.05) is 20.6 Å². The number of likely N-dealkylation sites (N-methyl/N-ethyl adjacent to an activating group) is 1. The van der Waals surface area contributed by atoms with Gasteiger partial charge in [-0.05, 0) is 37.5 Å². The SMILES string of the molecule is CC(C)CC1(CNC(C)C(=O)N(C)C)CCCC1. The summed E-state index contributed by atoms with van der Waals surface area (Å²) in [6.07, 6.45) is 6.62. The third kappa shape index (κ3) is 4.27. The molecule has 18 heavy (non-hydrogen) atoms. The van der Waals surface area contributed by atoms with Gasteiger partial charge < -0.3 is 10.2 Å². The van der Waals surface area contributed by atoms with E-state index in [2.05, 4.69) is 19.2 Å². The zero-order valence-corrected chi connectivity index (χ0v) is 12.8. The van der Waals surface area contributed by atoms with Crippen molar-refractivity contribution in [2.45, 2.75) is 58.9 Å². The molecule has 0 spiro atoms. The summed E-state index contributed by atoms with van der Waals surface area (Å²) in [6, 6.07) is -0.0652. The molecule has 0 bridgehead atoms. The average molecular weight is 254 g/mol. The molecule has 1 saturated carbocycles. The number of nitrogens with zero attached hydrogens (tertiary/aromatic N) is 1. The molecular formula is C15H30N2O. The minimum atomic E-state index is -0.0652. The van der Waals surface area contributed by atoms with Gasteiger partial charge in [-0.25, -0.2) is 0 Å². The highest BCUT2D eigenvalue weighted by atomic mass is 16.2. The highest BCUT2D eigenvalue weighted by Gasteiger charge is 2.34. The highest BCUT2D eigenvalue weighted by Crippen LogP contribution is 2.42. The Morgan fingerprint density at radius 3 is 2.22 bits per heavy atom. The van der Waals surface area contributed by atoms with E-state index in [4.69, 9.17) is 0 Å². The van der Waals surface area contributed by atoms with Gasteiger partial charge in [0.25, 0.3) is 0 Å². The zero-order chi connectivity index (χ0) is 13.8. The van der Waals surface area contributed by atoms with E-state index in [1.165, 1.54) is 32.1 Å². The molecule has 1 amide bonds. The summed E-state index contributed by atoms with van der Waals surface area (Å²) < 4.78 is 0. The molecule has 0 aromatic heterocycles. The third-order valence-electron chi connectivity index (χ3n) is 4.10. The summed E-state index contributed by atoms with van der Waals surface area (Å²) in [4.78, 5) is 13.5. The molecule has 1 unspecified atom stereocenters. The molecule has 0 aromatic carbocycles. The Labute approximate surface area is 112 Å². The number of carbonyl (C=O) groups excluding carboxylic acids is 1. The van der Waals surface area contributed by atoms with Crippen LogP contribution in [0.4, 0.5) is 0 Å². The molecule has 1 fully saturated rings. The predicted molar refractivity (Wildman–Crippen MR) is 76.5 cm³/mol. The molecule has 0 radical (unpaired) electrons. The van der Waals surface area contributed by atoms with Gasteiger partial charge in [0.05, 0.1) is 6.04 Å². The van der Waals surface area contributed by atoms with Crippen LogP contribution in [0, 0.1) is 11.3 Å². The molecule has 0 saturated heterocycles. The van der Waals surface area contributed by atoms with Crippen LogP contribution in [-0.4, -0.2) is 37.5 Å². The first-order valence-corrected chi connectivity index (χ1v) is 7.31. The van der Waals surface area contributed by atoms with E-state index in [0.717, 1.165) is 12.5 Å². The Morgan fingerprint density at radius 2 is 1.78 bits per heavy atom. The quantitative estimate of drug-likeness (QED) is 0.790. The molecule has 0 aromatic rings. The van der Waals surface area contributed by atoms with Gasteiger partial charge in [-0.2, -0.15) is 0 Å². The van der Waals surface area contributed by atoms with E-state index in [0.29, 0.717) is 5.41 Å². The minimum absolute atomic E-state index is 0.0652. The Balaban J connectivity index is 2.50.